The number of carbonyl (C=O) groups is 1. The predicted molar refractivity (Wildman–Crippen MR) is 126 cm³/mol. The molecular formula is C26H37N3O. The van der Waals surface area contributed by atoms with Crippen LogP contribution in [0.3, 0.4) is 0 Å². The summed E-state index contributed by atoms with van der Waals surface area (Å²) in [6, 6.07) is 16.8. The minimum absolute atomic E-state index is 0.0443. The summed E-state index contributed by atoms with van der Waals surface area (Å²) in [7, 11) is 2.21. The minimum Gasteiger partial charge on any atom is -0.322 e. The molecule has 1 aliphatic rings. The van der Waals surface area contributed by atoms with Crippen LogP contribution in [0.25, 0.3) is 0 Å². The second kappa shape index (κ2) is 11.3. The summed E-state index contributed by atoms with van der Waals surface area (Å²) in [6.45, 7) is 8.20. The van der Waals surface area contributed by atoms with Crippen LogP contribution >= 0.6 is 0 Å². The number of hydrogen-bond donors (Lipinski definition) is 1. The third kappa shape index (κ3) is 6.16. The van der Waals surface area contributed by atoms with Crippen LogP contribution in [0.1, 0.15) is 67.4 Å². The van der Waals surface area contributed by atoms with Crippen molar-refractivity contribution in [1.82, 2.24) is 9.80 Å². The lowest BCUT2D eigenvalue weighted by molar-refractivity contribution is 0.102. The highest BCUT2D eigenvalue weighted by Crippen LogP contribution is 2.25. The fourth-order valence-corrected chi connectivity index (χ4v) is 4.36. The summed E-state index contributed by atoms with van der Waals surface area (Å²) < 4.78 is 0. The lowest BCUT2D eigenvalue weighted by Crippen LogP contribution is -2.33. The molecule has 0 unspecified atom stereocenters. The minimum atomic E-state index is -0.0443. The Morgan fingerprint density at radius 1 is 0.933 bits per heavy atom. The van der Waals surface area contributed by atoms with Gasteiger partial charge in [0.25, 0.3) is 5.91 Å². The van der Waals surface area contributed by atoms with Gasteiger partial charge in [-0.15, -0.1) is 0 Å². The second-order valence-electron chi connectivity index (χ2n) is 8.48. The van der Waals surface area contributed by atoms with Crippen molar-refractivity contribution >= 4 is 11.6 Å². The molecule has 2 aromatic rings. The van der Waals surface area contributed by atoms with Gasteiger partial charge in [-0.25, -0.2) is 0 Å². The number of benzene rings is 2. The Kier molecular flexibility index (Phi) is 8.47. The molecule has 1 saturated carbocycles. The molecule has 4 heteroatoms. The first-order chi connectivity index (χ1) is 14.6. The molecule has 4 nitrogen and oxygen atoms in total. The van der Waals surface area contributed by atoms with E-state index in [1.165, 1.54) is 43.2 Å². The Balaban J connectivity index is 1.63. The van der Waals surface area contributed by atoms with Crippen LogP contribution in [-0.2, 0) is 13.1 Å². The summed E-state index contributed by atoms with van der Waals surface area (Å²) in [5.74, 6) is -0.0443. The zero-order valence-electron chi connectivity index (χ0n) is 18.9. The van der Waals surface area contributed by atoms with Crippen molar-refractivity contribution < 1.29 is 4.79 Å². The highest BCUT2D eigenvalue weighted by molar-refractivity contribution is 6.04. The fraction of sp³-hybridized carbons (Fsp3) is 0.500. The monoisotopic (exact) mass is 407 g/mol. The van der Waals surface area contributed by atoms with Crippen molar-refractivity contribution in [2.24, 2.45) is 0 Å². The predicted octanol–water partition coefficient (Wildman–Crippen LogP) is 5.55. The van der Waals surface area contributed by atoms with Crippen LogP contribution in [0, 0.1) is 0 Å². The molecule has 1 amide bonds. The third-order valence-corrected chi connectivity index (χ3v) is 6.40. The van der Waals surface area contributed by atoms with Gasteiger partial charge in [-0.1, -0.05) is 63.4 Å². The van der Waals surface area contributed by atoms with E-state index in [-0.39, 0.29) is 5.91 Å². The zero-order chi connectivity index (χ0) is 21.3. The van der Waals surface area contributed by atoms with Crippen molar-refractivity contribution in [2.45, 2.75) is 65.1 Å². The van der Waals surface area contributed by atoms with Gasteiger partial charge in [-0.05, 0) is 62.3 Å². The maximum atomic E-state index is 12.9. The van der Waals surface area contributed by atoms with Gasteiger partial charge in [0, 0.05) is 30.4 Å². The average molecular weight is 408 g/mol. The number of rotatable bonds is 9. The lowest BCUT2D eigenvalue weighted by Gasteiger charge is -2.31. The summed E-state index contributed by atoms with van der Waals surface area (Å²) in [6.07, 6.45) is 6.59. The Morgan fingerprint density at radius 3 is 2.27 bits per heavy atom. The summed E-state index contributed by atoms with van der Waals surface area (Å²) in [5, 5.41) is 3.14. The van der Waals surface area contributed by atoms with E-state index < -0.39 is 0 Å². The molecule has 1 N–H and O–H groups in total. The van der Waals surface area contributed by atoms with Crippen molar-refractivity contribution in [2.75, 3.05) is 25.5 Å². The molecule has 0 aromatic heterocycles. The van der Waals surface area contributed by atoms with E-state index in [1.54, 1.807) is 0 Å². The molecule has 30 heavy (non-hydrogen) atoms. The quantitative estimate of drug-likeness (QED) is 0.592. The van der Waals surface area contributed by atoms with Crippen molar-refractivity contribution in [3.8, 4) is 0 Å². The van der Waals surface area contributed by atoms with E-state index in [0.717, 1.165) is 31.9 Å². The molecule has 2 aromatic carbocycles. The molecule has 0 spiro atoms. The first-order valence-electron chi connectivity index (χ1n) is 11.5. The van der Waals surface area contributed by atoms with E-state index in [9.17, 15) is 4.79 Å². The van der Waals surface area contributed by atoms with E-state index in [4.69, 9.17) is 0 Å². The van der Waals surface area contributed by atoms with E-state index in [1.807, 2.05) is 24.3 Å². The molecule has 0 atom stereocenters. The average Bonchev–Trinajstić information content (AvgIpc) is 2.79. The smallest absolute Gasteiger partial charge is 0.255 e. The standard InChI is InChI=1S/C26H37N3O/c1-4-29(5-2)19-21-15-17-22(18-16-21)26(30)27-25-14-10-9-11-23(25)20-28(3)24-12-7-6-8-13-24/h9-11,14-18,24H,4-8,12-13,19-20H2,1-3H3,(H,27,30). The van der Waals surface area contributed by atoms with Crippen LogP contribution in [0.5, 0.6) is 0 Å². The number of anilines is 1. The van der Waals surface area contributed by atoms with E-state index in [2.05, 4.69) is 60.3 Å². The van der Waals surface area contributed by atoms with Gasteiger partial charge in [0.05, 0.1) is 0 Å². The van der Waals surface area contributed by atoms with Gasteiger partial charge in [0.2, 0.25) is 0 Å². The van der Waals surface area contributed by atoms with Crippen molar-refractivity contribution in [1.29, 1.82) is 0 Å². The largest absolute Gasteiger partial charge is 0.322 e. The SMILES string of the molecule is CCN(CC)Cc1ccc(C(=O)Nc2ccccc2CN(C)C2CCCCC2)cc1. The van der Waals surface area contributed by atoms with Gasteiger partial charge in [-0.3, -0.25) is 14.6 Å². The van der Waals surface area contributed by atoms with Crippen molar-refractivity contribution in [3.05, 3.63) is 65.2 Å². The lowest BCUT2D eigenvalue weighted by atomic mass is 9.94. The highest BCUT2D eigenvalue weighted by atomic mass is 16.1. The molecule has 0 radical (unpaired) electrons. The molecule has 0 aliphatic heterocycles. The van der Waals surface area contributed by atoms with Crippen LogP contribution in [0.4, 0.5) is 5.69 Å². The Labute approximate surface area is 182 Å². The molecule has 0 saturated heterocycles. The highest BCUT2D eigenvalue weighted by Gasteiger charge is 2.19. The first-order valence-corrected chi connectivity index (χ1v) is 11.5. The molecule has 1 aliphatic carbocycles. The van der Waals surface area contributed by atoms with Crippen LogP contribution in [0.2, 0.25) is 0 Å². The number of carbonyl (C=O) groups excluding carboxylic acids is 1. The number of amides is 1. The summed E-state index contributed by atoms with van der Waals surface area (Å²) in [4.78, 5) is 17.7. The normalized spacial score (nSPS) is 15.0. The topological polar surface area (TPSA) is 35.6 Å². The van der Waals surface area contributed by atoms with Crippen LogP contribution < -0.4 is 5.32 Å². The Morgan fingerprint density at radius 2 is 1.60 bits per heavy atom. The van der Waals surface area contributed by atoms with E-state index in [0.29, 0.717) is 11.6 Å². The third-order valence-electron chi connectivity index (χ3n) is 6.40. The van der Waals surface area contributed by atoms with E-state index >= 15 is 0 Å². The van der Waals surface area contributed by atoms with Gasteiger partial charge >= 0.3 is 0 Å². The molecular weight excluding hydrogens is 370 g/mol. The Bertz CT molecular complexity index is 792. The van der Waals surface area contributed by atoms with Gasteiger partial charge in [-0.2, -0.15) is 0 Å². The summed E-state index contributed by atoms with van der Waals surface area (Å²) in [5.41, 5.74) is 4.04. The molecule has 162 valence electrons. The van der Waals surface area contributed by atoms with Crippen LogP contribution in [-0.4, -0.2) is 41.9 Å². The van der Waals surface area contributed by atoms with Gasteiger partial charge in [0.1, 0.15) is 0 Å². The van der Waals surface area contributed by atoms with Crippen molar-refractivity contribution in [3.63, 3.8) is 0 Å². The first kappa shape index (κ1) is 22.5. The molecule has 1 fully saturated rings. The molecule has 3 rings (SSSR count). The second-order valence-corrected chi connectivity index (χ2v) is 8.48. The Hall–Kier alpha value is -2.17. The molecule has 0 heterocycles. The molecule has 0 bridgehead atoms. The number of nitrogens with zero attached hydrogens (tertiary/aromatic N) is 2. The zero-order valence-corrected chi connectivity index (χ0v) is 18.9. The van der Waals surface area contributed by atoms with Crippen LogP contribution in [0.15, 0.2) is 48.5 Å². The van der Waals surface area contributed by atoms with Gasteiger partial charge < -0.3 is 5.32 Å². The fourth-order valence-electron chi connectivity index (χ4n) is 4.36. The summed E-state index contributed by atoms with van der Waals surface area (Å²) >= 11 is 0. The maximum Gasteiger partial charge on any atom is 0.255 e. The number of para-hydroxylation sites is 1. The van der Waals surface area contributed by atoms with Gasteiger partial charge in [0.15, 0.2) is 0 Å². The number of hydrogen-bond acceptors (Lipinski definition) is 3. The number of nitrogens with one attached hydrogen (secondary N) is 1. The maximum absolute atomic E-state index is 12.9.